The Morgan fingerprint density at radius 2 is 0.632 bits per heavy atom. The van der Waals surface area contributed by atoms with Crippen LogP contribution in [0.1, 0.15) is 235 Å². The van der Waals surface area contributed by atoms with Gasteiger partial charge in [-0.15, -0.1) is 0 Å². The van der Waals surface area contributed by atoms with Crippen LogP contribution in [0.15, 0.2) is 0 Å². The number of hydrogen-bond acceptors (Lipinski definition) is 34. The van der Waals surface area contributed by atoms with Crippen molar-refractivity contribution in [2.24, 2.45) is 11.3 Å². The van der Waals surface area contributed by atoms with Crippen molar-refractivity contribution in [1.29, 1.82) is 0 Å². The van der Waals surface area contributed by atoms with E-state index in [4.69, 9.17) is 71.1 Å². The first kappa shape index (κ1) is 124. The van der Waals surface area contributed by atoms with Gasteiger partial charge in [0.1, 0.15) is 98.9 Å². The first-order chi connectivity index (χ1) is 65.4. The molecule has 0 aromatic carbocycles. The number of unbranched alkanes of at least 4 members (excludes halogenated alkanes) is 18. The lowest BCUT2D eigenvalue weighted by Crippen LogP contribution is -2.64. The Bertz CT molecular complexity index is 3180. The van der Waals surface area contributed by atoms with E-state index in [0.29, 0.717) is 64.5 Å². The summed E-state index contributed by atoms with van der Waals surface area (Å²) in [7, 11) is 0. The molecule has 3 saturated heterocycles. The number of carbonyl (C=O) groups is 10. The molecule has 792 valence electrons. The van der Waals surface area contributed by atoms with E-state index in [1.165, 1.54) is 78.6 Å². The van der Waals surface area contributed by atoms with Crippen molar-refractivity contribution >= 4 is 58.9 Å². The van der Waals surface area contributed by atoms with Crippen LogP contribution < -0.4 is 47.9 Å². The topological polar surface area (TPSA) is 599 Å². The highest BCUT2D eigenvalue weighted by Gasteiger charge is 2.48. The quantitative estimate of drug-likeness (QED) is 0.0357. The summed E-state index contributed by atoms with van der Waals surface area (Å²) in [5.41, 5.74) is 0.186. The minimum atomic E-state index is -1.49. The molecule has 0 spiro atoms. The van der Waals surface area contributed by atoms with Crippen LogP contribution in [0.2, 0.25) is 0 Å². The van der Waals surface area contributed by atoms with Gasteiger partial charge in [-0.3, -0.25) is 47.9 Å². The fourth-order valence-corrected chi connectivity index (χ4v) is 15.2. The monoisotopic (exact) mass is 1960 g/mol. The number of Topliss-reactive ketones (excluding diaryl/α,β-unsaturated/α-hetero) is 1. The molecular formula is C93H171N9O34. The summed E-state index contributed by atoms with van der Waals surface area (Å²) in [6.07, 6.45) is 7.07. The SMILES string of the molecule is CCCCCCCCCCCCCCCC(=O)NCCCC[C@H](NC(=O)C(CCCCNC(=O)COCCOCCOCCO[C@@H]1O[C@H](CO)[C@H](O)[C@H](O)[C@H]1NC(C)=O)CC(=O)[C@H](CCCCNC(=O)COCCOCCOCCO[C@@H]1O[C@H](CO)[C@H](O)[C@H](O)[C@H]1NC(C)=O)NC(=O)COCCOCCOCCO[C@@H]1O[C@H](CO)[C@H](O)[C@H](O)[C@H]1NC(C)=O)C(=O)NCCCCCCC(C)(C)C. The third kappa shape index (κ3) is 58.4. The van der Waals surface area contributed by atoms with Crippen molar-refractivity contribution in [2.45, 2.75) is 339 Å². The summed E-state index contributed by atoms with van der Waals surface area (Å²) in [6, 6.07) is -5.52. The number of carbonyl (C=O) groups excluding carboxylic acids is 10. The van der Waals surface area contributed by atoms with Gasteiger partial charge in [-0.2, -0.15) is 0 Å². The lowest BCUT2D eigenvalue weighted by molar-refractivity contribution is -0.272. The summed E-state index contributed by atoms with van der Waals surface area (Å²) in [4.78, 5) is 132. The zero-order valence-electron chi connectivity index (χ0n) is 81.9. The minimum Gasteiger partial charge on any atom is -0.394 e. The Morgan fingerprint density at radius 1 is 0.324 bits per heavy atom. The van der Waals surface area contributed by atoms with E-state index in [2.05, 4.69) is 75.5 Å². The number of nitrogens with one attached hydrogen (secondary N) is 9. The van der Waals surface area contributed by atoms with Crippen LogP contribution in [0.3, 0.4) is 0 Å². The van der Waals surface area contributed by atoms with Gasteiger partial charge in [0.05, 0.1) is 145 Å². The van der Waals surface area contributed by atoms with E-state index in [0.717, 1.165) is 51.4 Å². The second-order valence-electron chi connectivity index (χ2n) is 35.8. The Balaban J connectivity index is 1.71. The zero-order chi connectivity index (χ0) is 99.9. The van der Waals surface area contributed by atoms with Crippen molar-refractivity contribution in [2.75, 3.05) is 185 Å². The molecule has 0 radical (unpaired) electrons. The fraction of sp³-hybridized carbons (Fsp3) is 0.892. The lowest BCUT2D eigenvalue weighted by Gasteiger charge is -2.42. The molecule has 18 N–H and O–H groups in total. The van der Waals surface area contributed by atoms with Crippen molar-refractivity contribution in [1.82, 2.24) is 47.9 Å². The van der Waals surface area contributed by atoms with Crippen LogP contribution in [0, 0.1) is 11.3 Å². The molecule has 3 fully saturated rings. The van der Waals surface area contributed by atoms with Gasteiger partial charge in [0.15, 0.2) is 24.7 Å². The highest BCUT2D eigenvalue weighted by atomic mass is 16.7. The molecule has 3 aliphatic heterocycles. The first-order valence-corrected chi connectivity index (χ1v) is 49.4. The van der Waals surface area contributed by atoms with E-state index >= 15 is 0 Å². The molecule has 18 atom stereocenters. The maximum atomic E-state index is 15.0. The summed E-state index contributed by atoms with van der Waals surface area (Å²) in [6.45, 7) is 11.8. The Labute approximate surface area is 803 Å². The van der Waals surface area contributed by atoms with Crippen LogP contribution in [0.25, 0.3) is 0 Å². The summed E-state index contributed by atoms with van der Waals surface area (Å²) >= 11 is 0. The molecule has 1 unspecified atom stereocenters. The smallest absolute Gasteiger partial charge is 0.246 e. The zero-order valence-corrected chi connectivity index (χ0v) is 81.9. The third-order valence-electron chi connectivity index (χ3n) is 22.8. The van der Waals surface area contributed by atoms with Gasteiger partial charge in [0.25, 0.3) is 0 Å². The van der Waals surface area contributed by atoms with Gasteiger partial charge in [0.2, 0.25) is 53.2 Å². The van der Waals surface area contributed by atoms with E-state index in [1.54, 1.807) is 0 Å². The summed E-state index contributed by atoms with van der Waals surface area (Å²) in [5, 5.41) is 116. The average molecular weight is 1960 g/mol. The van der Waals surface area contributed by atoms with Gasteiger partial charge in [-0.05, 0) is 76.0 Å². The number of aliphatic hydroxyl groups excluding tert-OH is 9. The molecule has 9 amide bonds. The number of ether oxygens (including phenoxy) is 15. The van der Waals surface area contributed by atoms with Crippen molar-refractivity contribution in [3.05, 3.63) is 0 Å². The molecule has 3 rings (SSSR count). The van der Waals surface area contributed by atoms with Crippen molar-refractivity contribution in [3.63, 3.8) is 0 Å². The maximum absolute atomic E-state index is 15.0. The molecule has 3 aliphatic rings. The van der Waals surface area contributed by atoms with Crippen LogP contribution in [-0.2, 0) is 119 Å². The molecule has 0 bridgehead atoms. The van der Waals surface area contributed by atoms with E-state index in [-0.39, 0.29) is 182 Å². The molecule has 43 heteroatoms. The van der Waals surface area contributed by atoms with Crippen molar-refractivity contribution < 1.29 is 165 Å². The Kier molecular flexibility index (Phi) is 70.8. The van der Waals surface area contributed by atoms with Gasteiger partial charge in [-0.1, -0.05) is 130 Å². The van der Waals surface area contributed by atoms with Crippen LogP contribution in [-0.4, -0.2) is 394 Å². The number of rotatable bonds is 84. The predicted molar refractivity (Wildman–Crippen MR) is 495 cm³/mol. The van der Waals surface area contributed by atoms with Gasteiger partial charge in [0, 0.05) is 65.7 Å². The van der Waals surface area contributed by atoms with E-state index in [1.807, 2.05) is 0 Å². The minimum absolute atomic E-state index is 0.0277. The summed E-state index contributed by atoms with van der Waals surface area (Å²) < 4.78 is 83.9. The normalized spacial score (nSPS) is 22.4. The van der Waals surface area contributed by atoms with Crippen LogP contribution >= 0.6 is 0 Å². The molecule has 136 heavy (non-hydrogen) atoms. The molecular weight excluding hydrogens is 1790 g/mol. The van der Waals surface area contributed by atoms with Gasteiger partial charge < -0.3 is 165 Å². The second kappa shape index (κ2) is 77.6. The standard InChI is InChI=1S/C93H171N9O34/c1-8-9-10-11-12-13-14-15-16-17-18-19-22-34-75(110)94-36-30-25-33-70(89(121)97-39-27-21-20-26-35-93(5,6)7)102-88(120)68(31-23-28-37-95-76(111)62-128-49-46-122-40-43-125-52-55-131-90-79(98-65(2)106)85(117)82(114)72(59-103)134-90)58-71(109)69(101-78(113)64-130-51-48-124-42-45-127-54-57-133-92-81(100-67(4)108)87(119)84(116)74(61-105)136-92)32-24-29-38-96-77(112)63-129-50-47-123-41-44-126-53-56-132-91-80(99-66(3)107)86(118)83(115)73(60-104)135-91/h68-70,72-74,79-87,90-92,103-105,114-119H,8-64H2,1-7H3,(H,94,110)(H,95,111)(H,96,112)(H,97,121)(H,98,106)(H,99,107)(H,100,108)(H,101,113)(H,102,120)/t68?,69-,70-,72+,73+,74+,79+,80+,81+,82-,83-,84-,85+,86+,87+,90+,91+,92+/m0/s1. The third-order valence-corrected chi connectivity index (χ3v) is 22.8. The van der Waals surface area contributed by atoms with Crippen LogP contribution in [0.5, 0.6) is 0 Å². The fourth-order valence-electron chi connectivity index (χ4n) is 15.2. The number of amides is 9. The maximum Gasteiger partial charge on any atom is 0.246 e. The number of ketones is 1. The molecule has 0 aromatic heterocycles. The highest BCUT2D eigenvalue weighted by Crippen LogP contribution is 2.28. The second-order valence-corrected chi connectivity index (χ2v) is 35.8. The van der Waals surface area contributed by atoms with Crippen LogP contribution in [0.4, 0.5) is 0 Å². The first-order valence-electron chi connectivity index (χ1n) is 49.4. The Hall–Kier alpha value is -6.06. The largest absolute Gasteiger partial charge is 0.394 e. The number of hydrogen-bond donors (Lipinski definition) is 18. The molecule has 0 aliphatic carbocycles. The molecule has 0 aromatic rings. The van der Waals surface area contributed by atoms with Gasteiger partial charge >= 0.3 is 0 Å². The van der Waals surface area contributed by atoms with Gasteiger partial charge in [-0.25, -0.2) is 0 Å². The van der Waals surface area contributed by atoms with E-state index in [9.17, 15) is 93.9 Å². The average Bonchev–Trinajstić information content (AvgIpc) is 0.815. The molecule has 0 saturated carbocycles. The molecule has 43 nitrogen and oxygen atoms in total. The molecule has 3 heterocycles. The summed E-state index contributed by atoms with van der Waals surface area (Å²) in [5.74, 6) is -5.59. The highest BCUT2D eigenvalue weighted by molar-refractivity contribution is 5.94. The van der Waals surface area contributed by atoms with Crippen molar-refractivity contribution in [3.8, 4) is 0 Å². The lowest BCUT2D eigenvalue weighted by atomic mass is 9.89. The predicted octanol–water partition coefficient (Wildman–Crippen LogP) is 0.0153. The Morgan fingerprint density at radius 3 is 1.00 bits per heavy atom. The number of aliphatic hydroxyl groups is 9. The van der Waals surface area contributed by atoms with E-state index < -0.39 is 189 Å².